The van der Waals surface area contributed by atoms with Gasteiger partial charge in [0, 0.05) is 0 Å². The molecule has 0 fully saturated rings. The Morgan fingerprint density at radius 1 is 1.16 bits per heavy atom. The van der Waals surface area contributed by atoms with Crippen LogP contribution in [-0.2, 0) is 21.0 Å². The molecular formula is C20H20ClF3N2O5S. The fraction of sp³-hybridized carbons (Fsp3) is 0.350. The maximum absolute atomic E-state index is 13.1. The number of nitrogens with one attached hydrogen (secondary N) is 1. The third kappa shape index (κ3) is 5.57. The number of nitrogens with zero attached hydrogens (tertiary/aromatic N) is 1. The van der Waals surface area contributed by atoms with Gasteiger partial charge in [-0.2, -0.15) is 13.2 Å². The van der Waals surface area contributed by atoms with Gasteiger partial charge in [-0.05, 0) is 42.8 Å². The van der Waals surface area contributed by atoms with E-state index < -0.39 is 45.9 Å². The summed E-state index contributed by atoms with van der Waals surface area (Å²) in [6.45, 7) is 1.73. The van der Waals surface area contributed by atoms with Crippen LogP contribution in [0.25, 0.3) is 0 Å². The van der Waals surface area contributed by atoms with E-state index in [2.05, 4.69) is 5.32 Å². The summed E-state index contributed by atoms with van der Waals surface area (Å²) in [5.74, 6) is 0.357. The predicted octanol–water partition coefficient (Wildman–Crippen LogP) is 3.77. The van der Waals surface area contributed by atoms with Crippen LogP contribution in [-0.4, -0.2) is 40.3 Å². The van der Waals surface area contributed by atoms with Crippen molar-refractivity contribution in [3.8, 4) is 11.5 Å². The average molecular weight is 493 g/mol. The number of ether oxygens (including phenoxy) is 2. The van der Waals surface area contributed by atoms with E-state index in [4.69, 9.17) is 21.1 Å². The number of carbonyl (C=O) groups excluding carboxylic acids is 1. The highest BCUT2D eigenvalue weighted by molar-refractivity contribution is 7.92. The van der Waals surface area contributed by atoms with Crippen molar-refractivity contribution in [3.05, 3.63) is 52.5 Å². The van der Waals surface area contributed by atoms with Gasteiger partial charge in [0.15, 0.2) is 11.5 Å². The van der Waals surface area contributed by atoms with Crippen LogP contribution in [0.4, 0.5) is 18.9 Å². The molecule has 0 spiro atoms. The molecule has 1 heterocycles. The Balaban J connectivity index is 1.81. The molecule has 1 aliphatic rings. The minimum atomic E-state index is -4.71. The quantitative estimate of drug-likeness (QED) is 0.663. The third-order valence-corrected chi connectivity index (χ3v) is 6.12. The molecule has 1 atom stereocenters. The van der Waals surface area contributed by atoms with Crippen molar-refractivity contribution in [2.45, 2.75) is 19.1 Å². The Labute approximate surface area is 188 Å². The molecule has 0 unspecified atom stereocenters. The van der Waals surface area contributed by atoms with Crippen molar-refractivity contribution >= 4 is 33.2 Å². The average Bonchev–Trinajstić information content (AvgIpc) is 2.70. The first kappa shape index (κ1) is 24.0. The first-order valence-corrected chi connectivity index (χ1v) is 11.6. The topological polar surface area (TPSA) is 84.9 Å². The zero-order chi connectivity index (χ0) is 23.7. The van der Waals surface area contributed by atoms with E-state index in [1.165, 1.54) is 0 Å². The van der Waals surface area contributed by atoms with Crippen LogP contribution in [0.15, 0.2) is 36.4 Å². The molecule has 32 heavy (non-hydrogen) atoms. The Bertz CT molecular complexity index is 1120. The summed E-state index contributed by atoms with van der Waals surface area (Å²) in [4.78, 5) is 12.6. The number of fused-ring (bicyclic) bond motifs is 1. The van der Waals surface area contributed by atoms with Gasteiger partial charge in [-0.3, -0.25) is 9.10 Å². The maximum Gasteiger partial charge on any atom is 0.416 e. The molecule has 3 rings (SSSR count). The number of benzene rings is 2. The third-order valence-electron chi connectivity index (χ3n) is 4.67. The molecule has 12 heteroatoms. The van der Waals surface area contributed by atoms with E-state index in [9.17, 15) is 26.4 Å². The van der Waals surface area contributed by atoms with E-state index in [0.717, 1.165) is 18.4 Å². The van der Waals surface area contributed by atoms with Crippen LogP contribution in [0.1, 0.15) is 24.1 Å². The summed E-state index contributed by atoms with van der Waals surface area (Å²) >= 11 is 5.97. The van der Waals surface area contributed by atoms with Crippen LogP contribution in [0.3, 0.4) is 0 Å². The zero-order valence-corrected chi connectivity index (χ0v) is 18.6. The van der Waals surface area contributed by atoms with Crippen LogP contribution in [0.5, 0.6) is 11.5 Å². The fourth-order valence-electron chi connectivity index (χ4n) is 3.09. The summed E-state index contributed by atoms with van der Waals surface area (Å²) in [6, 6.07) is 6.83. The number of sulfonamides is 1. The molecule has 1 amide bonds. The van der Waals surface area contributed by atoms with Crippen molar-refractivity contribution < 1.29 is 35.9 Å². The lowest BCUT2D eigenvalue weighted by molar-refractivity contribution is -0.137. The van der Waals surface area contributed by atoms with Crippen molar-refractivity contribution in [3.63, 3.8) is 0 Å². The van der Waals surface area contributed by atoms with Crippen molar-refractivity contribution in [2.24, 2.45) is 0 Å². The second-order valence-corrected chi connectivity index (χ2v) is 9.44. The van der Waals surface area contributed by atoms with Gasteiger partial charge in [-0.1, -0.05) is 17.7 Å². The van der Waals surface area contributed by atoms with Gasteiger partial charge in [-0.15, -0.1) is 0 Å². The fourth-order valence-corrected chi connectivity index (χ4v) is 4.22. The smallest absolute Gasteiger partial charge is 0.416 e. The van der Waals surface area contributed by atoms with Gasteiger partial charge in [-0.25, -0.2) is 8.42 Å². The van der Waals surface area contributed by atoms with Gasteiger partial charge in [0.1, 0.15) is 19.8 Å². The number of halogens is 4. The lowest BCUT2D eigenvalue weighted by atomic mass is 10.1. The Kier molecular flexibility index (Phi) is 6.80. The second-order valence-electron chi connectivity index (χ2n) is 7.13. The van der Waals surface area contributed by atoms with Gasteiger partial charge in [0.05, 0.1) is 28.6 Å². The largest absolute Gasteiger partial charge is 0.486 e. The van der Waals surface area contributed by atoms with Gasteiger partial charge >= 0.3 is 6.18 Å². The highest BCUT2D eigenvalue weighted by atomic mass is 35.5. The molecular weight excluding hydrogens is 473 g/mol. The molecule has 174 valence electrons. The minimum absolute atomic E-state index is 0.240. The molecule has 7 nitrogen and oxygen atoms in total. The number of rotatable bonds is 6. The summed E-state index contributed by atoms with van der Waals surface area (Å²) in [6.07, 6.45) is -3.93. The highest BCUT2D eigenvalue weighted by Gasteiger charge is 2.33. The molecule has 0 radical (unpaired) electrons. The molecule has 0 saturated carbocycles. The number of carbonyl (C=O) groups is 1. The SMILES string of the molecule is C[C@H](NC(=O)CN(c1cc(C(F)(F)F)ccc1Cl)S(C)(=O)=O)c1ccc2c(c1)OCCO2. The monoisotopic (exact) mass is 492 g/mol. The molecule has 0 aliphatic carbocycles. The van der Waals surface area contributed by atoms with Crippen LogP contribution in [0, 0.1) is 0 Å². The molecule has 1 aliphatic heterocycles. The standard InChI is InChI=1S/C20H20ClF3N2O5S/c1-12(13-3-6-17-18(9-13)31-8-7-30-17)25-19(27)11-26(32(2,28)29)16-10-14(20(22,23)24)4-5-15(16)21/h3-6,9-10,12H,7-8,11H2,1-2H3,(H,25,27)/t12-/m0/s1. The molecule has 0 aromatic heterocycles. The summed E-state index contributed by atoms with van der Waals surface area (Å²) in [5, 5.41) is 2.39. The van der Waals surface area contributed by atoms with Crippen LogP contribution in [0.2, 0.25) is 5.02 Å². The lowest BCUT2D eigenvalue weighted by Crippen LogP contribution is -2.41. The minimum Gasteiger partial charge on any atom is -0.486 e. The summed E-state index contributed by atoms with van der Waals surface area (Å²) in [5.41, 5.74) is -0.854. The maximum atomic E-state index is 13.1. The van der Waals surface area contributed by atoms with Crippen LogP contribution < -0.4 is 19.1 Å². The number of hydrogen-bond donors (Lipinski definition) is 1. The van der Waals surface area contributed by atoms with E-state index in [1.807, 2.05) is 0 Å². The zero-order valence-electron chi connectivity index (χ0n) is 17.1. The van der Waals surface area contributed by atoms with Crippen molar-refractivity contribution in [1.29, 1.82) is 0 Å². The second kappa shape index (κ2) is 9.07. The molecule has 0 saturated heterocycles. The number of amides is 1. The number of anilines is 1. The summed E-state index contributed by atoms with van der Waals surface area (Å²) < 4.78 is 75.3. The van der Waals surface area contributed by atoms with Crippen molar-refractivity contribution in [2.75, 3.05) is 30.3 Å². The molecule has 0 bridgehead atoms. The first-order valence-electron chi connectivity index (χ1n) is 9.39. The normalized spacial score (nSPS) is 14.6. The Morgan fingerprint density at radius 3 is 2.44 bits per heavy atom. The van der Waals surface area contributed by atoms with E-state index >= 15 is 0 Å². The summed E-state index contributed by atoms with van der Waals surface area (Å²) in [7, 11) is -4.13. The van der Waals surface area contributed by atoms with Crippen LogP contribution >= 0.6 is 11.6 Å². The Hall–Kier alpha value is -2.66. The van der Waals surface area contributed by atoms with E-state index in [-0.39, 0.29) is 5.02 Å². The van der Waals surface area contributed by atoms with E-state index in [0.29, 0.717) is 40.6 Å². The Morgan fingerprint density at radius 2 is 1.81 bits per heavy atom. The number of alkyl halides is 3. The van der Waals surface area contributed by atoms with Gasteiger partial charge in [0.2, 0.25) is 15.9 Å². The van der Waals surface area contributed by atoms with Gasteiger partial charge in [0.25, 0.3) is 0 Å². The predicted molar refractivity (Wildman–Crippen MR) is 113 cm³/mol. The molecule has 2 aromatic rings. The van der Waals surface area contributed by atoms with E-state index in [1.54, 1.807) is 25.1 Å². The lowest BCUT2D eigenvalue weighted by Gasteiger charge is -2.25. The van der Waals surface area contributed by atoms with Gasteiger partial charge < -0.3 is 14.8 Å². The number of hydrogen-bond acceptors (Lipinski definition) is 5. The molecule has 1 N–H and O–H groups in total. The van der Waals surface area contributed by atoms with Crippen molar-refractivity contribution in [1.82, 2.24) is 5.32 Å². The first-order chi connectivity index (χ1) is 14.9. The molecule has 2 aromatic carbocycles. The highest BCUT2D eigenvalue weighted by Crippen LogP contribution is 2.36.